The smallest absolute Gasteiger partial charge is 0.306 e. The van der Waals surface area contributed by atoms with Crippen LogP contribution in [0.3, 0.4) is 0 Å². The van der Waals surface area contributed by atoms with Crippen LogP contribution in [0.15, 0.2) is 30.5 Å². The first-order chi connectivity index (χ1) is 11.5. The summed E-state index contributed by atoms with van der Waals surface area (Å²) in [5.74, 6) is 0.831. The zero-order chi connectivity index (χ0) is 16.8. The molecule has 5 atom stereocenters. The molecule has 0 aliphatic heterocycles. The van der Waals surface area contributed by atoms with E-state index in [0.717, 1.165) is 36.6 Å². The molecule has 2 aromatic rings. The van der Waals surface area contributed by atoms with Crippen LogP contribution in [0.5, 0.6) is 0 Å². The summed E-state index contributed by atoms with van der Waals surface area (Å²) in [5.41, 5.74) is 2.06. The van der Waals surface area contributed by atoms with Gasteiger partial charge < -0.3 is 5.11 Å². The third kappa shape index (κ3) is 2.58. The average molecular weight is 327 g/mol. The number of carboxylic acids is 1. The summed E-state index contributed by atoms with van der Waals surface area (Å²) in [4.78, 5) is 15.6. The molecule has 4 rings (SSSR count). The van der Waals surface area contributed by atoms with Crippen LogP contribution in [0.4, 0.5) is 4.39 Å². The number of hydrogen-bond acceptors (Lipinski definition) is 2. The predicted molar refractivity (Wildman–Crippen MR) is 90.2 cm³/mol. The molecule has 0 spiro atoms. The van der Waals surface area contributed by atoms with Crippen LogP contribution < -0.4 is 0 Å². The molecule has 2 unspecified atom stereocenters. The summed E-state index contributed by atoms with van der Waals surface area (Å²) in [7, 11) is 0. The predicted octanol–water partition coefficient (Wildman–Crippen LogP) is 4.61. The van der Waals surface area contributed by atoms with E-state index in [0.29, 0.717) is 23.7 Å². The van der Waals surface area contributed by atoms with Crippen LogP contribution in [-0.4, -0.2) is 16.1 Å². The van der Waals surface area contributed by atoms with Gasteiger partial charge in [-0.05, 0) is 79.2 Å². The third-order valence-electron chi connectivity index (χ3n) is 6.33. The van der Waals surface area contributed by atoms with Crippen LogP contribution in [-0.2, 0) is 4.79 Å². The molecule has 3 nitrogen and oxygen atoms in total. The lowest BCUT2D eigenvalue weighted by Gasteiger charge is -2.19. The van der Waals surface area contributed by atoms with Gasteiger partial charge in [0.05, 0.1) is 11.4 Å². The minimum Gasteiger partial charge on any atom is -0.481 e. The van der Waals surface area contributed by atoms with Gasteiger partial charge in [0.1, 0.15) is 5.82 Å². The number of rotatable bonds is 3. The molecule has 2 aliphatic rings. The fourth-order valence-corrected chi connectivity index (χ4v) is 5.02. The summed E-state index contributed by atoms with van der Waals surface area (Å²) < 4.78 is 13.7. The normalized spacial score (nSPS) is 30.4. The zero-order valence-corrected chi connectivity index (χ0v) is 13.8. The second-order valence-corrected chi connectivity index (χ2v) is 7.61. The quantitative estimate of drug-likeness (QED) is 0.895. The highest BCUT2D eigenvalue weighted by Crippen LogP contribution is 2.54. The van der Waals surface area contributed by atoms with Gasteiger partial charge in [-0.25, -0.2) is 4.39 Å². The fourth-order valence-electron chi connectivity index (χ4n) is 5.02. The second kappa shape index (κ2) is 5.83. The van der Waals surface area contributed by atoms with E-state index in [1.54, 1.807) is 12.1 Å². The Kier molecular flexibility index (Phi) is 3.78. The van der Waals surface area contributed by atoms with Crippen LogP contribution >= 0.6 is 0 Å². The number of benzene rings is 1. The highest BCUT2D eigenvalue weighted by molar-refractivity contribution is 5.82. The molecule has 2 saturated carbocycles. The number of halogens is 1. The number of hydrogen-bond donors (Lipinski definition) is 1. The molecule has 2 aliphatic carbocycles. The van der Waals surface area contributed by atoms with Crippen LogP contribution in [0.1, 0.15) is 44.1 Å². The lowest BCUT2D eigenvalue weighted by molar-refractivity contribution is -0.142. The molecule has 24 heavy (non-hydrogen) atoms. The second-order valence-electron chi connectivity index (χ2n) is 7.61. The van der Waals surface area contributed by atoms with Crippen molar-refractivity contribution in [2.75, 3.05) is 0 Å². The van der Waals surface area contributed by atoms with Crippen molar-refractivity contribution in [2.24, 2.45) is 23.7 Å². The number of fused-ring (bicyclic) bond motifs is 2. The summed E-state index contributed by atoms with van der Waals surface area (Å²) in [6.45, 7) is 1.84. The molecule has 1 heterocycles. The highest BCUT2D eigenvalue weighted by atomic mass is 19.1. The Hall–Kier alpha value is -1.97. The lowest BCUT2D eigenvalue weighted by Crippen LogP contribution is -2.19. The molecule has 0 amide bonds. The summed E-state index contributed by atoms with van der Waals surface area (Å²) in [6.07, 6.45) is 6.03. The average Bonchev–Trinajstić information content (AvgIpc) is 3.12. The first-order valence-corrected chi connectivity index (χ1v) is 8.80. The highest BCUT2D eigenvalue weighted by Gasteiger charge is 2.44. The van der Waals surface area contributed by atoms with Gasteiger partial charge in [0.15, 0.2) is 0 Å². The summed E-state index contributed by atoms with van der Waals surface area (Å²) in [5, 5.41) is 10.2. The maximum absolute atomic E-state index is 13.7. The Labute approximate surface area is 140 Å². The van der Waals surface area contributed by atoms with Crippen molar-refractivity contribution < 1.29 is 14.3 Å². The minimum absolute atomic E-state index is 0.217. The molecule has 126 valence electrons. The Morgan fingerprint density at radius 3 is 2.58 bits per heavy atom. The van der Waals surface area contributed by atoms with Crippen LogP contribution in [0, 0.1) is 29.5 Å². The number of aromatic nitrogens is 1. The number of carbonyl (C=O) groups is 1. The SMILES string of the molecule is C[C@@H](C(=O)O)C1C[C@H]2CC(c3ccnc4ccc(F)cc34)C[C@H]2C1. The number of aliphatic carboxylic acids is 1. The maximum atomic E-state index is 13.7. The molecule has 0 bridgehead atoms. The number of nitrogens with zero attached hydrogens (tertiary/aromatic N) is 1. The Balaban J connectivity index is 1.56. The molecule has 2 fully saturated rings. The molecular weight excluding hydrogens is 305 g/mol. The largest absolute Gasteiger partial charge is 0.481 e. The monoisotopic (exact) mass is 327 g/mol. The Morgan fingerprint density at radius 1 is 1.21 bits per heavy atom. The zero-order valence-electron chi connectivity index (χ0n) is 13.8. The standard InChI is InChI=1S/C20H22FNO2/c1-11(20(23)24)12-6-13-8-15(9-14(13)7-12)17-4-5-22-19-3-2-16(21)10-18(17)19/h2-5,10-15H,6-9H2,1H3,(H,23,24)/t11-,12?,13-,14+,15?/m1/s1. The van der Waals surface area contributed by atoms with E-state index in [2.05, 4.69) is 4.98 Å². The van der Waals surface area contributed by atoms with Gasteiger partial charge in [-0.15, -0.1) is 0 Å². The van der Waals surface area contributed by atoms with E-state index < -0.39 is 5.97 Å². The van der Waals surface area contributed by atoms with Crippen molar-refractivity contribution in [2.45, 2.75) is 38.5 Å². The summed E-state index contributed by atoms with van der Waals surface area (Å²) >= 11 is 0. The molecule has 0 saturated heterocycles. The van der Waals surface area contributed by atoms with Gasteiger partial charge >= 0.3 is 5.97 Å². The van der Waals surface area contributed by atoms with Crippen LogP contribution in [0.2, 0.25) is 0 Å². The molecule has 1 N–H and O–H groups in total. The van der Waals surface area contributed by atoms with Crippen molar-refractivity contribution >= 4 is 16.9 Å². The van der Waals surface area contributed by atoms with Crippen molar-refractivity contribution in [1.29, 1.82) is 0 Å². The number of pyridine rings is 1. The molecular formula is C20H22FNO2. The first-order valence-electron chi connectivity index (χ1n) is 8.80. The van der Waals surface area contributed by atoms with Gasteiger partial charge in [-0.2, -0.15) is 0 Å². The maximum Gasteiger partial charge on any atom is 0.306 e. The van der Waals surface area contributed by atoms with E-state index in [4.69, 9.17) is 0 Å². The lowest BCUT2D eigenvalue weighted by atomic mass is 9.86. The first kappa shape index (κ1) is 15.6. The topological polar surface area (TPSA) is 50.2 Å². The van der Waals surface area contributed by atoms with Gasteiger partial charge in [0.2, 0.25) is 0 Å². The Bertz CT molecular complexity index is 776. The van der Waals surface area contributed by atoms with E-state index in [1.807, 2.05) is 19.2 Å². The molecule has 1 aromatic carbocycles. The number of carboxylic acid groups (broad SMARTS) is 1. The molecule has 0 radical (unpaired) electrons. The van der Waals surface area contributed by atoms with Crippen LogP contribution in [0.25, 0.3) is 10.9 Å². The van der Waals surface area contributed by atoms with Gasteiger partial charge in [0.25, 0.3) is 0 Å². The molecule has 4 heteroatoms. The van der Waals surface area contributed by atoms with E-state index in [-0.39, 0.29) is 11.7 Å². The van der Waals surface area contributed by atoms with Gasteiger partial charge in [-0.1, -0.05) is 6.92 Å². The van der Waals surface area contributed by atoms with Gasteiger partial charge in [-0.3, -0.25) is 9.78 Å². The molecule has 1 aromatic heterocycles. The van der Waals surface area contributed by atoms with Crippen molar-refractivity contribution in [1.82, 2.24) is 4.98 Å². The van der Waals surface area contributed by atoms with E-state index in [9.17, 15) is 14.3 Å². The third-order valence-corrected chi connectivity index (χ3v) is 6.33. The fraction of sp³-hybridized carbons (Fsp3) is 0.500. The van der Waals surface area contributed by atoms with Crippen molar-refractivity contribution in [3.8, 4) is 0 Å². The minimum atomic E-state index is -0.674. The Morgan fingerprint density at radius 2 is 1.92 bits per heavy atom. The van der Waals surface area contributed by atoms with E-state index >= 15 is 0 Å². The van der Waals surface area contributed by atoms with Crippen molar-refractivity contribution in [3.05, 3.63) is 41.8 Å². The van der Waals surface area contributed by atoms with Gasteiger partial charge in [0, 0.05) is 11.6 Å². The van der Waals surface area contributed by atoms with E-state index in [1.165, 1.54) is 11.6 Å². The van der Waals surface area contributed by atoms with Crippen molar-refractivity contribution in [3.63, 3.8) is 0 Å². The summed E-state index contributed by atoms with van der Waals surface area (Å²) in [6, 6.07) is 6.83.